The van der Waals surface area contributed by atoms with Crippen LogP contribution in [0.3, 0.4) is 0 Å². The molecule has 1 aliphatic heterocycles. The van der Waals surface area contributed by atoms with E-state index >= 15 is 0 Å². The van der Waals surface area contributed by atoms with Gasteiger partial charge in [-0.2, -0.15) is 0 Å². The van der Waals surface area contributed by atoms with Gasteiger partial charge in [0.25, 0.3) is 0 Å². The zero-order valence-corrected chi connectivity index (χ0v) is 14.6. The average molecular weight is 352 g/mol. The highest BCUT2D eigenvalue weighted by atomic mass is 35.5. The van der Waals surface area contributed by atoms with E-state index in [1.807, 2.05) is 6.92 Å². The number of hydrogen-bond acceptors (Lipinski definition) is 4. The first-order valence-corrected chi connectivity index (χ1v) is 7.68. The number of nitrogens with one attached hydrogen (secondary N) is 2. The molecule has 1 aromatic rings. The number of carbonyl (C=O) groups is 1. The molecule has 1 aromatic heterocycles. The van der Waals surface area contributed by atoms with Crippen molar-refractivity contribution in [1.82, 2.24) is 15.6 Å². The predicted octanol–water partition coefficient (Wildman–Crippen LogP) is 2.65. The summed E-state index contributed by atoms with van der Waals surface area (Å²) < 4.78 is 0. The van der Waals surface area contributed by atoms with Crippen LogP contribution in [0.25, 0.3) is 0 Å². The molecule has 1 aliphatic rings. The lowest BCUT2D eigenvalue weighted by atomic mass is 10.1. The van der Waals surface area contributed by atoms with Crippen molar-refractivity contribution in [3.8, 4) is 0 Å². The molecule has 120 valence electrons. The number of amides is 1. The van der Waals surface area contributed by atoms with Crippen LogP contribution in [-0.4, -0.2) is 30.5 Å². The van der Waals surface area contributed by atoms with Gasteiger partial charge in [-0.3, -0.25) is 4.79 Å². The highest BCUT2D eigenvalue weighted by Crippen LogP contribution is 2.10. The van der Waals surface area contributed by atoms with E-state index in [-0.39, 0.29) is 30.7 Å². The van der Waals surface area contributed by atoms with E-state index in [1.54, 1.807) is 11.3 Å². The maximum absolute atomic E-state index is 11.7. The van der Waals surface area contributed by atoms with Crippen molar-refractivity contribution >= 4 is 42.1 Å². The third kappa shape index (κ3) is 7.81. The Labute approximate surface area is 142 Å². The van der Waals surface area contributed by atoms with Crippen LogP contribution in [-0.2, 0) is 11.2 Å². The summed E-state index contributed by atoms with van der Waals surface area (Å²) in [5, 5.41) is 9.42. The molecular formula is C14H23Cl2N3OS. The molecule has 0 saturated heterocycles. The molecular weight excluding hydrogens is 329 g/mol. The molecule has 4 nitrogen and oxygen atoms in total. The van der Waals surface area contributed by atoms with E-state index in [9.17, 15) is 4.79 Å². The highest BCUT2D eigenvalue weighted by molar-refractivity contribution is 7.09. The van der Waals surface area contributed by atoms with E-state index in [0.717, 1.165) is 43.1 Å². The Balaban J connectivity index is 0.00000200. The first kappa shape index (κ1) is 20.4. The van der Waals surface area contributed by atoms with E-state index < -0.39 is 0 Å². The number of nitrogens with zero attached hydrogens (tertiary/aromatic N) is 1. The zero-order valence-electron chi connectivity index (χ0n) is 12.2. The largest absolute Gasteiger partial charge is 0.352 e. The first-order valence-electron chi connectivity index (χ1n) is 6.80. The lowest BCUT2D eigenvalue weighted by molar-refractivity contribution is -0.121. The fourth-order valence-corrected chi connectivity index (χ4v) is 2.73. The van der Waals surface area contributed by atoms with Crippen LogP contribution in [0.2, 0.25) is 0 Å². The standard InChI is InChI=1S/C14H21N3OS.2ClH/c1-11-17-13(10-19-11)3-2-4-14(18)16-9-12-5-7-15-8-6-12;;/h5,10,15H,2-4,6-9H2,1H3,(H,16,18);2*1H. The van der Waals surface area contributed by atoms with Gasteiger partial charge in [0.05, 0.1) is 10.7 Å². The summed E-state index contributed by atoms with van der Waals surface area (Å²) in [5.74, 6) is 0.145. The van der Waals surface area contributed by atoms with Crippen molar-refractivity contribution in [1.29, 1.82) is 0 Å². The number of thiazole rings is 1. The SMILES string of the molecule is Cc1nc(CCCC(=O)NCC2=CCNCC2)cs1.Cl.Cl. The minimum Gasteiger partial charge on any atom is -0.352 e. The van der Waals surface area contributed by atoms with Gasteiger partial charge in [-0.05, 0) is 32.7 Å². The third-order valence-corrected chi connectivity index (χ3v) is 4.00. The average Bonchev–Trinajstić information content (AvgIpc) is 2.83. The molecule has 2 heterocycles. The number of halogens is 2. The lowest BCUT2D eigenvalue weighted by Crippen LogP contribution is -2.29. The Morgan fingerprint density at radius 3 is 2.90 bits per heavy atom. The van der Waals surface area contributed by atoms with E-state index in [2.05, 4.69) is 27.1 Å². The molecule has 0 fully saturated rings. The first-order chi connectivity index (χ1) is 9.24. The molecule has 2 rings (SSSR count). The molecule has 0 radical (unpaired) electrons. The van der Waals surface area contributed by atoms with E-state index in [1.165, 1.54) is 5.57 Å². The minimum absolute atomic E-state index is 0. The molecule has 1 amide bonds. The Kier molecular flexibility index (Phi) is 10.7. The van der Waals surface area contributed by atoms with Crippen molar-refractivity contribution in [2.75, 3.05) is 19.6 Å². The summed E-state index contributed by atoms with van der Waals surface area (Å²) in [6, 6.07) is 0. The molecule has 0 bridgehead atoms. The smallest absolute Gasteiger partial charge is 0.220 e. The molecule has 0 atom stereocenters. The van der Waals surface area contributed by atoms with Crippen LogP contribution in [0.1, 0.15) is 30.0 Å². The Bertz CT molecular complexity index is 463. The zero-order chi connectivity index (χ0) is 13.5. The second-order valence-corrected chi connectivity index (χ2v) is 5.87. The van der Waals surface area contributed by atoms with Gasteiger partial charge >= 0.3 is 0 Å². The quantitative estimate of drug-likeness (QED) is 0.774. The maximum Gasteiger partial charge on any atom is 0.220 e. The van der Waals surface area contributed by atoms with Crippen LogP contribution >= 0.6 is 36.2 Å². The van der Waals surface area contributed by atoms with Crippen LogP contribution in [0, 0.1) is 6.92 Å². The fraction of sp³-hybridized carbons (Fsp3) is 0.571. The van der Waals surface area contributed by atoms with Gasteiger partial charge in [0.1, 0.15) is 0 Å². The van der Waals surface area contributed by atoms with Gasteiger partial charge in [0.2, 0.25) is 5.91 Å². The Morgan fingerprint density at radius 1 is 1.48 bits per heavy atom. The Hall–Kier alpha value is -0.620. The van der Waals surface area contributed by atoms with Crippen molar-refractivity contribution in [2.24, 2.45) is 0 Å². The number of aromatic nitrogens is 1. The third-order valence-electron chi connectivity index (χ3n) is 3.17. The molecule has 7 heteroatoms. The summed E-state index contributed by atoms with van der Waals surface area (Å²) in [6.07, 6.45) is 5.56. The van der Waals surface area contributed by atoms with Gasteiger partial charge in [0.15, 0.2) is 0 Å². The highest BCUT2D eigenvalue weighted by Gasteiger charge is 2.06. The van der Waals surface area contributed by atoms with E-state index in [4.69, 9.17) is 0 Å². The van der Waals surface area contributed by atoms with Gasteiger partial charge < -0.3 is 10.6 Å². The second-order valence-electron chi connectivity index (χ2n) is 4.80. The number of carbonyl (C=O) groups excluding carboxylic acids is 1. The normalized spacial score (nSPS) is 13.7. The molecule has 0 unspecified atom stereocenters. The number of hydrogen-bond donors (Lipinski definition) is 2. The summed E-state index contributed by atoms with van der Waals surface area (Å²) in [7, 11) is 0. The van der Waals surface area contributed by atoms with Crippen molar-refractivity contribution in [3.63, 3.8) is 0 Å². The van der Waals surface area contributed by atoms with Crippen LogP contribution in [0.15, 0.2) is 17.0 Å². The van der Waals surface area contributed by atoms with Crippen LogP contribution in [0.5, 0.6) is 0 Å². The monoisotopic (exact) mass is 351 g/mol. The van der Waals surface area contributed by atoms with Crippen LogP contribution in [0.4, 0.5) is 0 Å². The minimum atomic E-state index is 0. The van der Waals surface area contributed by atoms with Gasteiger partial charge in [-0.1, -0.05) is 11.6 Å². The van der Waals surface area contributed by atoms with Crippen LogP contribution < -0.4 is 10.6 Å². The summed E-state index contributed by atoms with van der Waals surface area (Å²) in [6.45, 7) is 4.66. The van der Waals surface area contributed by atoms with Crippen molar-refractivity contribution < 1.29 is 4.79 Å². The molecule has 0 spiro atoms. The topological polar surface area (TPSA) is 54.0 Å². The summed E-state index contributed by atoms with van der Waals surface area (Å²) >= 11 is 1.67. The second kappa shape index (κ2) is 11.0. The number of aryl methyl sites for hydroxylation is 2. The lowest BCUT2D eigenvalue weighted by Gasteiger charge is -2.14. The van der Waals surface area contributed by atoms with Crippen molar-refractivity contribution in [3.05, 3.63) is 27.7 Å². The fourth-order valence-electron chi connectivity index (χ4n) is 2.08. The molecule has 0 aliphatic carbocycles. The van der Waals surface area contributed by atoms with Gasteiger partial charge in [-0.25, -0.2) is 4.98 Å². The van der Waals surface area contributed by atoms with Gasteiger partial charge in [0, 0.05) is 24.9 Å². The predicted molar refractivity (Wildman–Crippen MR) is 92.9 cm³/mol. The summed E-state index contributed by atoms with van der Waals surface area (Å²) in [4.78, 5) is 16.1. The molecule has 21 heavy (non-hydrogen) atoms. The molecule has 0 saturated carbocycles. The Morgan fingerprint density at radius 2 is 2.29 bits per heavy atom. The summed E-state index contributed by atoms with van der Waals surface area (Å²) in [5.41, 5.74) is 2.44. The maximum atomic E-state index is 11.7. The van der Waals surface area contributed by atoms with Gasteiger partial charge in [-0.15, -0.1) is 36.2 Å². The number of rotatable bonds is 6. The van der Waals surface area contributed by atoms with E-state index in [0.29, 0.717) is 13.0 Å². The van der Waals surface area contributed by atoms with Crippen molar-refractivity contribution in [2.45, 2.75) is 32.6 Å². The molecule has 2 N–H and O–H groups in total. The molecule has 0 aromatic carbocycles.